The maximum absolute atomic E-state index is 3.31. The van der Waals surface area contributed by atoms with E-state index in [1.807, 2.05) is 6.07 Å². The molecule has 0 heterocycles. The molecule has 0 saturated carbocycles. The third-order valence-electron chi connectivity index (χ3n) is 2.72. The first-order valence-electron chi connectivity index (χ1n) is 5.39. The molecule has 0 radical (unpaired) electrons. The van der Waals surface area contributed by atoms with Gasteiger partial charge >= 0.3 is 18.9 Å². The fourth-order valence-electron chi connectivity index (χ4n) is 1.96. The van der Waals surface area contributed by atoms with E-state index in [0.717, 1.165) is 5.69 Å². The molecule has 0 aliphatic carbocycles. The third kappa shape index (κ3) is 2.60. The summed E-state index contributed by atoms with van der Waals surface area (Å²) in [5, 5.41) is 2.52. The molecule has 0 atom stereocenters. The molecular weight excluding hydrogens is 203 g/mol. The zero-order valence-corrected chi connectivity index (χ0v) is 11.3. The summed E-state index contributed by atoms with van der Waals surface area (Å²) in [6.45, 7) is 0. The number of hydrogen-bond donors (Lipinski definition) is 0. The van der Waals surface area contributed by atoms with Gasteiger partial charge in [0.05, 0.1) is 0 Å². The summed E-state index contributed by atoms with van der Waals surface area (Å²) in [6, 6.07) is 13.8. The Morgan fingerprint density at radius 2 is 1.65 bits per heavy atom. The van der Waals surface area contributed by atoms with Crippen LogP contribution in [-0.2, 0) is 0 Å². The second kappa shape index (κ2) is 5.49. The van der Waals surface area contributed by atoms with Gasteiger partial charge in [0.25, 0.3) is 0 Å². The predicted octanol–water partition coefficient (Wildman–Crippen LogP) is -0.224. The maximum atomic E-state index is 3.31. The Labute approximate surface area is 115 Å². The van der Waals surface area contributed by atoms with Crippen molar-refractivity contribution < 1.29 is 18.9 Å². The zero-order valence-electron chi connectivity index (χ0n) is 11.3. The Kier molecular flexibility index (Phi) is 4.51. The topological polar surface area (TPSA) is 6.48 Å². The molecule has 0 amide bonds. The van der Waals surface area contributed by atoms with Crippen LogP contribution in [0.15, 0.2) is 30.3 Å². The van der Waals surface area contributed by atoms with Crippen molar-refractivity contribution in [2.75, 3.05) is 38.0 Å². The van der Waals surface area contributed by atoms with Gasteiger partial charge in [-0.15, -0.1) is 5.39 Å². The van der Waals surface area contributed by atoms with E-state index in [2.05, 4.69) is 68.3 Å². The van der Waals surface area contributed by atoms with Gasteiger partial charge in [0.1, 0.15) is 0 Å². The standard InChI is InChI=1S/C14H17N2.Li/c1-15(2)12-9-5-7-11-8-6-10-13(14(11)12)16(3)4;/h5-9H,1-4H3;/q-1;+1. The molecule has 0 saturated heterocycles. The number of fused-ring (bicyclic) bond motifs is 1. The monoisotopic (exact) mass is 220 g/mol. The van der Waals surface area contributed by atoms with Crippen LogP contribution >= 0.6 is 0 Å². The van der Waals surface area contributed by atoms with E-state index in [1.54, 1.807) is 0 Å². The van der Waals surface area contributed by atoms with E-state index in [0.29, 0.717) is 0 Å². The minimum Gasteiger partial charge on any atom is -0.399 e. The van der Waals surface area contributed by atoms with Crippen LogP contribution in [0, 0.1) is 6.07 Å². The Balaban J connectivity index is 0.00000144. The fraction of sp³-hybridized carbons (Fsp3) is 0.286. The number of rotatable bonds is 2. The van der Waals surface area contributed by atoms with Gasteiger partial charge in [0.15, 0.2) is 0 Å². The van der Waals surface area contributed by atoms with Gasteiger partial charge in [-0.2, -0.15) is 18.2 Å². The molecule has 0 N–H and O–H groups in total. The van der Waals surface area contributed by atoms with Crippen molar-refractivity contribution in [2.45, 2.75) is 0 Å². The molecule has 0 aliphatic rings. The van der Waals surface area contributed by atoms with Crippen molar-refractivity contribution >= 4 is 22.1 Å². The van der Waals surface area contributed by atoms with Gasteiger partial charge in [-0.3, -0.25) is 0 Å². The smallest absolute Gasteiger partial charge is 0.399 e. The molecule has 2 aromatic rings. The predicted molar refractivity (Wildman–Crippen MR) is 71.4 cm³/mol. The molecular formula is C14H17LiN2. The molecule has 84 valence electrons. The van der Waals surface area contributed by atoms with Crippen LogP contribution in [-0.4, -0.2) is 28.2 Å². The van der Waals surface area contributed by atoms with E-state index in [4.69, 9.17) is 0 Å². The first-order valence-corrected chi connectivity index (χ1v) is 5.39. The molecule has 0 spiro atoms. The summed E-state index contributed by atoms with van der Waals surface area (Å²) >= 11 is 0. The van der Waals surface area contributed by atoms with Crippen LogP contribution in [0.3, 0.4) is 0 Å². The minimum absolute atomic E-state index is 0. The molecule has 0 unspecified atom stereocenters. The Morgan fingerprint density at radius 1 is 0.941 bits per heavy atom. The van der Waals surface area contributed by atoms with E-state index < -0.39 is 0 Å². The molecule has 0 aliphatic heterocycles. The second-order valence-corrected chi connectivity index (χ2v) is 4.36. The van der Waals surface area contributed by atoms with Crippen LogP contribution in [0.1, 0.15) is 0 Å². The molecule has 2 nitrogen and oxygen atoms in total. The van der Waals surface area contributed by atoms with Crippen molar-refractivity contribution in [2.24, 2.45) is 0 Å². The van der Waals surface area contributed by atoms with Crippen molar-refractivity contribution in [3.8, 4) is 0 Å². The number of benzene rings is 2. The van der Waals surface area contributed by atoms with Gasteiger partial charge in [0.2, 0.25) is 0 Å². The molecule has 2 aromatic carbocycles. The Morgan fingerprint density at radius 3 is 2.24 bits per heavy atom. The van der Waals surface area contributed by atoms with E-state index in [9.17, 15) is 0 Å². The SMILES string of the molecule is CN(C)c1[c-]ccc2cccc(N(C)C)c12.[Li+]. The number of nitrogens with zero attached hydrogens (tertiary/aromatic N) is 2. The van der Waals surface area contributed by atoms with Gasteiger partial charge in [-0.1, -0.05) is 29.3 Å². The first-order chi connectivity index (χ1) is 7.61. The quantitative estimate of drug-likeness (QED) is 0.510. The minimum atomic E-state index is 0. The van der Waals surface area contributed by atoms with E-state index in [-0.39, 0.29) is 18.9 Å². The van der Waals surface area contributed by atoms with Crippen LogP contribution in [0.4, 0.5) is 11.4 Å². The van der Waals surface area contributed by atoms with Crippen LogP contribution in [0.5, 0.6) is 0 Å². The number of anilines is 2. The van der Waals surface area contributed by atoms with E-state index in [1.165, 1.54) is 16.5 Å². The summed E-state index contributed by atoms with van der Waals surface area (Å²) < 4.78 is 0. The van der Waals surface area contributed by atoms with Crippen LogP contribution in [0.2, 0.25) is 0 Å². The number of hydrogen-bond acceptors (Lipinski definition) is 2. The fourth-order valence-corrected chi connectivity index (χ4v) is 1.96. The van der Waals surface area contributed by atoms with Crippen molar-refractivity contribution in [3.63, 3.8) is 0 Å². The molecule has 2 rings (SSSR count). The van der Waals surface area contributed by atoms with E-state index >= 15 is 0 Å². The Hall–Kier alpha value is -1.10. The average molecular weight is 220 g/mol. The first kappa shape index (κ1) is 14.0. The van der Waals surface area contributed by atoms with Gasteiger partial charge in [0, 0.05) is 28.2 Å². The molecule has 0 aromatic heterocycles. The van der Waals surface area contributed by atoms with Crippen LogP contribution < -0.4 is 28.7 Å². The molecule has 3 heteroatoms. The third-order valence-corrected chi connectivity index (χ3v) is 2.72. The molecule has 0 fully saturated rings. The summed E-state index contributed by atoms with van der Waals surface area (Å²) in [6.07, 6.45) is 0. The van der Waals surface area contributed by atoms with Crippen LogP contribution in [0.25, 0.3) is 10.8 Å². The van der Waals surface area contributed by atoms with Crippen molar-refractivity contribution in [1.82, 2.24) is 0 Å². The summed E-state index contributed by atoms with van der Waals surface area (Å²) in [5.74, 6) is 0. The Bertz CT molecular complexity index is 464. The zero-order chi connectivity index (χ0) is 11.7. The summed E-state index contributed by atoms with van der Waals surface area (Å²) in [7, 11) is 8.25. The second-order valence-electron chi connectivity index (χ2n) is 4.36. The molecule has 0 bridgehead atoms. The van der Waals surface area contributed by atoms with Gasteiger partial charge in [-0.05, 0) is 5.69 Å². The largest absolute Gasteiger partial charge is 1.00 e. The van der Waals surface area contributed by atoms with Crippen molar-refractivity contribution in [1.29, 1.82) is 0 Å². The summed E-state index contributed by atoms with van der Waals surface area (Å²) in [4.78, 5) is 4.25. The maximum Gasteiger partial charge on any atom is 1.00 e. The van der Waals surface area contributed by atoms with Gasteiger partial charge < -0.3 is 9.80 Å². The molecule has 17 heavy (non-hydrogen) atoms. The average Bonchev–Trinajstić information content (AvgIpc) is 2.27. The van der Waals surface area contributed by atoms with Crippen molar-refractivity contribution in [3.05, 3.63) is 36.4 Å². The normalized spacial score (nSPS) is 9.88. The van der Waals surface area contributed by atoms with Gasteiger partial charge in [-0.25, -0.2) is 0 Å². The summed E-state index contributed by atoms with van der Waals surface area (Å²) in [5.41, 5.74) is 2.37.